The SMILES string of the molecule is Cc1nc2ccc(C=C3SC(=Nc4c(F)cccc4F)NC3=O)cc2o1. The minimum absolute atomic E-state index is 0.113. The molecule has 0 aliphatic carbocycles. The van der Waals surface area contributed by atoms with E-state index in [-0.39, 0.29) is 11.1 Å². The van der Waals surface area contributed by atoms with Gasteiger partial charge < -0.3 is 9.73 Å². The molecular formula is C18H11F2N3O2S. The lowest BCUT2D eigenvalue weighted by molar-refractivity contribution is -0.115. The number of hydrogen-bond acceptors (Lipinski definition) is 5. The Labute approximate surface area is 150 Å². The molecule has 1 aliphatic rings. The average molecular weight is 371 g/mol. The number of benzene rings is 2. The number of carbonyl (C=O) groups excluding carboxylic acids is 1. The van der Waals surface area contributed by atoms with E-state index < -0.39 is 17.3 Å². The molecule has 26 heavy (non-hydrogen) atoms. The van der Waals surface area contributed by atoms with Crippen LogP contribution in [-0.4, -0.2) is 16.1 Å². The molecule has 1 amide bonds. The Kier molecular flexibility index (Phi) is 4.04. The fraction of sp³-hybridized carbons (Fsp3) is 0.0556. The first-order valence-electron chi connectivity index (χ1n) is 7.60. The van der Waals surface area contributed by atoms with Gasteiger partial charge in [0.1, 0.15) is 11.2 Å². The average Bonchev–Trinajstić information content (AvgIpc) is 3.12. The highest BCUT2D eigenvalue weighted by atomic mass is 32.2. The van der Waals surface area contributed by atoms with Crippen LogP contribution in [0.15, 0.2) is 50.7 Å². The fourth-order valence-corrected chi connectivity index (χ4v) is 3.30. The predicted octanol–water partition coefficient (Wildman–Crippen LogP) is 4.31. The molecular weight excluding hydrogens is 360 g/mol. The van der Waals surface area contributed by atoms with Crippen molar-refractivity contribution in [3.8, 4) is 0 Å². The Morgan fingerprint density at radius 2 is 2.00 bits per heavy atom. The van der Waals surface area contributed by atoms with E-state index in [9.17, 15) is 13.6 Å². The number of amides is 1. The van der Waals surface area contributed by atoms with Crippen molar-refractivity contribution in [2.45, 2.75) is 6.92 Å². The molecule has 2 heterocycles. The molecule has 1 saturated heterocycles. The molecule has 0 spiro atoms. The summed E-state index contributed by atoms with van der Waals surface area (Å²) in [6.07, 6.45) is 1.65. The van der Waals surface area contributed by atoms with Crippen molar-refractivity contribution < 1.29 is 18.0 Å². The standard InChI is InChI=1S/C18H11F2N3O2S/c1-9-21-13-6-5-10(7-14(13)25-9)8-15-17(24)23-18(26-15)22-16-11(19)3-2-4-12(16)20/h2-8H,1H3,(H,22,23,24). The van der Waals surface area contributed by atoms with Crippen LogP contribution in [0.25, 0.3) is 17.2 Å². The van der Waals surface area contributed by atoms with Gasteiger partial charge in [0.25, 0.3) is 5.91 Å². The normalized spacial score (nSPS) is 17.4. The number of hydrogen-bond donors (Lipinski definition) is 1. The van der Waals surface area contributed by atoms with Crippen LogP contribution >= 0.6 is 11.8 Å². The summed E-state index contributed by atoms with van der Waals surface area (Å²) in [7, 11) is 0. The summed E-state index contributed by atoms with van der Waals surface area (Å²) >= 11 is 1.01. The largest absolute Gasteiger partial charge is 0.441 e. The highest BCUT2D eigenvalue weighted by Gasteiger charge is 2.24. The van der Waals surface area contributed by atoms with Crippen molar-refractivity contribution in [2.24, 2.45) is 4.99 Å². The Hall–Kier alpha value is -3.00. The van der Waals surface area contributed by atoms with Gasteiger partial charge in [-0.25, -0.2) is 18.8 Å². The van der Waals surface area contributed by atoms with Crippen molar-refractivity contribution >= 4 is 45.7 Å². The predicted molar refractivity (Wildman–Crippen MR) is 95.9 cm³/mol. The molecule has 0 saturated carbocycles. The molecule has 5 nitrogen and oxygen atoms in total. The summed E-state index contributed by atoms with van der Waals surface area (Å²) in [5.74, 6) is -1.43. The van der Waals surface area contributed by atoms with Crippen LogP contribution in [0, 0.1) is 18.6 Å². The Morgan fingerprint density at radius 3 is 2.77 bits per heavy atom. The molecule has 1 aromatic heterocycles. The molecule has 1 N–H and O–H groups in total. The number of aromatic nitrogens is 1. The van der Waals surface area contributed by atoms with Crippen molar-refractivity contribution in [3.05, 3.63) is 64.4 Å². The zero-order valence-electron chi connectivity index (χ0n) is 13.4. The monoisotopic (exact) mass is 371 g/mol. The molecule has 1 fully saturated rings. The van der Waals surface area contributed by atoms with Crippen LogP contribution in [-0.2, 0) is 4.79 Å². The second-order valence-electron chi connectivity index (χ2n) is 5.51. The maximum Gasteiger partial charge on any atom is 0.264 e. The first-order chi connectivity index (χ1) is 12.5. The molecule has 130 valence electrons. The van der Waals surface area contributed by atoms with E-state index in [1.807, 2.05) is 0 Å². The number of carbonyl (C=O) groups is 1. The zero-order chi connectivity index (χ0) is 18.3. The molecule has 0 radical (unpaired) electrons. The number of halogens is 2. The van der Waals surface area contributed by atoms with Crippen molar-refractivity contribution in [1.82, 2.24) is 10.3 Å². The quantitative estimate of drug-likeness (QED) is 0.682. The summed E-state index contributed by atoms with van der Waals surface area (Å²) in [6.45, 7) is 1.75. The van der Waals surface area contributed by atoms with Gasteiger partial charge in [0.15, 0.2) is 28.3 Å². The molecule has 4 rings (SSSR count). The number of aliphatic imine (C=N–C) groups is 1. The number of para-hydroxylation sites is 1. The number of rotatable bonds is 2. The molecule has 0 bridgehead atoms. The Bertz CT molecular complexity index is 1080. The summed E-state index contributed by atoms with van der Waals surface area (Å²) in [5.41, 5.74) is 1.65. The van der Waals surface area contributed by atoms with E-state index in [0.717, 1.165) is 35.0 Å². The second kappa shape index (κ2) is 6.38. The summed E-state index contributed by atoms with van der Waals surface area (Å²) in [5, 5.41) is 2.62. The number of fused-ring (bicyclic) bond motifs is 1. The Balaban J connectivity index is 1.64. The Morgan fingerprint density at radius 1 is 1.23 bits per heavy atom. The van der Waals surface area contributed by atoms with Crippen LogP contribution in [0.5, 0.6) is 0 Å². The number of nitrogens with one attached hydrogen (secondary N) is 1. The maximum atomic E-state index is 13.7. The van der Waals surface area contributed by atoms with Gasteiger partial charge in [-0.2, -0.15) is 0 Å². The topological polar surface area (TPSA) is 67.5 Å². The van der Waals surface area contributed by atoms with Gasteiger partial charge in [0, 0.05) is 6.92 Å². The van der Waals surface area contributed by atoms with E-state index >= 15 is 0 Å². The molecule has 2 aromatic carbocycles. The van der Waals surface area contributed by atoms with Gasteiger partial charge in [-0.15, -0.1) is 0 Å². The van der Waals surface area contributed by atoms with E-state index in [2.05, 4.69) is 15.3 Å². The van der Waals surface area contributed by atoms with Crippen molar-refractivity contribution in [3.63, 3.8) is 0 Å². The van der Waals surface area contributed by atoms with Crippen LogP contribution in [0.2, 0.25) is 0 Å². The van der Waals surface area contributed by atoms with Crippen molar-refractivity contribution in [2.75, 3.05) is 0 Å². The number of oxazole rings is 1. The molecule has 0 atom stereocenters. The van der Waals surface area contributed by atoms with Crippen LogP contribution in [0.1, 0.15) is 11.5 Å². The second-order valence-corrected chi connectivity index (χ2v) is 6.54. The van der Waals surface area contributed by atoms with Crippen LogP contribution in [0.3, 0.4) is 0 Å². The zero-order valence-corrected chi connectivity index (χ0v) is 14.2. The maximum absolute atomic E-state index is 13.7. The minimum atomic E-state index is -0.795. The van der Waals surface area contributed by atoms with Gasteiger partial charge in [-0.3, -0.25) is 4.79 Å². The lowest BCUT2D eigenvalue weighted by atomic mass is 10.2. The smallest absolute Gasteiger partial charge is 0.264 e. The number of aryl methyl sites for hydroxylation is 1. The highest BCUT2D eigenvalue weighted by Crippen LogP contribution is 2.30. The summed E-state index contributed by atoms with van der Waals surface area (Å²) in [6, 6.07) is 8.82. The van der Waals surface area contributed by atoms with Gasteiger partial charge >= 0.3 is 0 Å². The van der Waals surface area contributed by atoms with E-state index in [1.54, 1.807) is 31.2 Å². The van der Waals surface area contributed by atoms with Gasteiger partial charge in [0.2, 0.25) is 0 Å². The third kappa shape index (κ3) is 3.11. The number of thioether (sulfide) groups is 1. The number of amidine groups is 1. The van der Waals surface area contributed by atoms with E-state index in [0.29, 0.717) is 16.4 Å². The van der Waals surface area contributed by atoms with Crippen LogP contribution < -0.4 is 5.32 Å². The lowest BCUT2D eigenvalue weighted by Gasteiger charge is -1.99. The fourth-order valence-electron chi connectivity index (χ4n) is 2.48. The molecule has 8 heteroatoms. The van der Waals surface area contributed by atoms with Crippen LogP contribution in [0.4, 0.5) is 14.5 Å². The lowest BCUT2D eigenvalue weighted by Crippen LogP contribution is -2.19. The first-order valence-corrected chi connectivity index (χ1v) is 8.42. The van der Waals surface area contributed by atoms with Gasteiger partial charge in [-0.1, -0.05) is 12.1 Å². The minimum Gasteiger partial charge on any atom is -0.441 e. The molecule has 0 unspecified atom stereocenters. The third-order valence-electron chi connectivity index (χ3n) is 3.62. The summed E-state index contributed by atoms with van der Waals surface area (Å²) in [4.78, 5) is 20.6. The molecule has 1 aliphatic heterocycles. The van der Waals surface area contributed by atoms with Crippen molar-refractivity contribution in [1.29, 1.82) is 0 Å². The van der Waals surface area contributed by atoms with Gasteiger partial charge in [0.05, 0.1) is 4.91 Å². The van der Waals surface area contributed by atoms with Gasteiger partial charge in [-0.05, 0) is 47.7 Å². The van der Waals surface area contributed by atoms with E-state index in [4.69, 9.17) is 4.42 Å². The highest BCUT2D eigenvalue weighted by molar-refractivity contribution is 8.18. The molecule has 3 aromatic rings. The van der Waals surface area contributed by atoms with E-state index in [1.165, 1.54) is 6.07 Å². The third-order valence-corrected chi connectivity index (χ3v) is 4.53. The number of nitrogens with zero attached hydrogens (tertiary/aromatic N) is 2. The first kappa shape index (κ1) is 16.5. The summed E-state index contributed by atoms with van der Waals surface area (Å²) < 4.78 is 32.9.